The first-order chi connectivity index (χ1) is 17.5. The number of aryl methyl sites for hydroxylation is 1. The molecule has 1 aromatic carbocycles. The van der Waals surface area contributed by atoms with Gasteiger partial charge in [0.05, 0.1) is 12.1 Å². The Morgan fingerprint density at radius 2 is 1.78 bits per heavy atom. The maximum absolute atomic E-state index is 12.7. The molecular weight excluding hydrogens is 452 g/mol. The quantitative estimate of drug-likeness (QED) is 0.478. The number of hydrogen-bond acceptors (Lipinski definition) is 7. The van der Waals surface area contributed by atoms with Crippen LogP contribution in [0.15, 0.2) is 41.2 Å². The zero-order chi connectivity index (χ0) is 25.2. The summed E-state index contributed by atoms with van der Waals surface area (Å²) < 4.78 is 7.40. The van der Waals surface area contributed by atoms with Crippen LogP contribution in [0.2, 0.25) is 0 Å². The lowest BCUT2D eigenvalue weighted by molar-refractivity contribution is 0.136. The van der Waals surface area contributed by atoms with Gasteiger partial charge in [0.2, 0.25) is 0 Å². The fourth-order valence-corrected chi connectivity index (χ4v) is 5.10. The van der Waals surface area contributed by atoms with Gasteiger partial charge in [-0.25, -0.2) is 9.78 Å². The average Bonchev–Trinajstić information content (AvgIpc) is 3.74. The fraction of sp³-hybridized carbons (Fsp3) is 0.500. The average molecular weight is 487 g/mol. The van der Waals surface area contributed by atoms with Crippen molar-refractivity contribution >= 4 is 16.9 Å². The lowest BCUT2D eigenvalue weighted by atomic mass is 10.0. The van der Waals surface area contributed by atoms with Crippen LogP contribution in [0.4, 0.5) is 5.82 Å². The molecule has 3 aromatic rings. The predicted molar refractivity (Wildman–Crippen MR) is 140 cm³/mol. The predicted octanol–water partition coefficient (Wildman–Crippen LogP) is 3.87. The lowest BCUT2D eigenvalue weighted by Gasteiger charge is -2.47. The molecule has 188 valence electrons. The van der Waals surface area contributed by atoms with Gasteiger partial charge in [-0.05, 0) is 61.4 Å². The van der Waals surface area contributed by atoms with E-state index >= 15 is 0 Å². The van der Waals surface area contributed by atoms with Crippen molar-refractivity contribution in [3.05, 3.63) is 58.1 Å². The van der Waals surface area contributed by atoms with E-state index in [9.17, 15) is 10.1 Å². The fourth-order valence-electron chi connectivity index (χ4n) is 5.10. The first-order valence-electron chi connectivity index (χ1n) is 13.0. The molecule has 1 aliphatic heterocycles. The topological polar surface area (TPSA) is 87.3 Å². The van der Waals surface area contributed by atoms with Gasteiger partial charge >= 0.3 is 5.69 Å². The first kappa shape index (κ1) is 24.3. The van der Waals surface area contributed by atoms with Gasteiger partial charge in [0, 0.05) is 38.8 Å². The lowest BCUT2D eigenvalue weighted by Crippen LogP contribution is -2.58. The molecule has 0 radical (unpaired) electrons. The number of aromatic nitrogens is 3. The molecule has 5 rings (SSSR count). The van der Waals surface area contributed by atoms with E-state index in [1.54, 1.807) is 19.2 Å². The molecule has 3 heterocycles. The van der Waals surface area contributed by atoms with E-state index in [2.05, 4.69) is 63.9 Å². The summed E-state index contributed by atoms with van der Waals surface area (Å²) in [6.07, 6.45) is 4.48. The van der Waals surface area contributed by atoms with Crippen LogP contribution in [0.3, 0.4) is 0 Å². The van der Waals surface area contributed by atoms with Crippen molar-refractivity contribution in [1.29, 1.82) is 5.26 Å². The molecule has 0 bridgehead atoms. The Morgan fingerprint density at radius 1 is 1.03 bits per heavy atom. The smallest absolute Gasteiger partial charge is 0.349 e. The second kappa shape index (κ2) is 10.3. The Balaban J connectivity index is 1.39. The number of pyridine rings is 1. The molecule has 0 spiro atoms. The number of rotatable bonds is 8. The molecule has 1 aliphatic carbocycles. The molecular formula is C28H34N6O2. The van der Waals surface area contributed by atoms with E-state index in [0.717, 1.165) is 50.8 Å². The number of benzene rings is 1. The number of nitriles is 1. The van der Waals surface area contributed by atoms with Crippen LogP contribution >= 0.6 is 0 Å². The van der Waals surface area contributed by atoms with Crippen molar-refractivity contribution in [3.8, 4) is 11.8 Å². The summed E-state index contributed by atoms with van der Waals surface area (Å²) in [5.74, 6) is 2.28. The molecule has 1 saturated heterocycles. The summed E-state index contributed by atoms with van der Waals surface area (Å²) in [4.78, 5) is 26.5. The Labute approximate surface area is 212 Å². The van der Waals surface area contributed by atoms with Crippen molar-refractivity contribution < 1.29 is 4.74 Å². The van der Waals surface area contributed by atoms with Crippen molar-refractivity contribution in [1.82, 2.24) is 19.4 Å². The molecule has 0 N–H and O–H groups in total. The zero-order valence-electron chi connectivity index (χ0n) is 21.4. The number of hydrogen-bond donors (Lipinski definition) is 0. The van der Waals surface area contributed by atoms with Crippen LogP contribution < -0.4 is 15.3 Å². The summed E-state index contributed by atoms with van der Waals surface area (Å²) in [5, 5.41) is 9.42. The van der Waals surface area contributed by atoms with Crippen LogP contribution in [0.5, 0.6) is 5.75 Å². The highest BCUT2D eigenvalue weighted by Gasteiger charge is 2.34. The van der Waals surface area contributed by atoms with Gasteiger partial charge in [-0.15, -0.1) is 0 Å². The number of nitrogens with zero attached hydrogens (tertiary/aromatic N) is 6. The van der Waals surface area contributed by atoms with Gasteiger partial charge in [-0.1, -0.05) is 26.0 Å². The number of anilines is 1. The van der Waals surface area contributed by atoms with Gasteiger partial charge in [0.25, 0.3) is 0 Å². The Bertz CT molecular complexity index is 1320. The summed E-state index contributed by atoms with van der Waals surface area (Å²) in [5.41, 5.74) is 2.59. The molecule has 36 heavy (non-hydrogen) atoms. The summed E-state index contributed by atoms with van der Waals surface area (Å²) in [7, 11) is 1.70. The Morgan fingerprint density at radius 3 is 2.44 bits per heavy atom. The molecule has 8 heteroatoms. The molecule has 1 unspecified atom stereocenters. The SMILES string of the molecule is CCC1CN(Cc2ccc(OCC3CC3)cc2)[C@H](CC)CN1c1nc(=O)n(C)c2ccc(C#N)nc12. The van der Waals surface area contributed by atoms with Gasteiger partial charge < -0.3 is 9.64 Å². The van der Waals surface area contributed by atoms with Crippen LogP contribution in [0.25, 0.3) is 11.0 Å². The molecule has 2 aliphatic rings. The molecule has 2 atom stereocenters. The monoisotopic (exact) mass is 486 g/mol. The Hall–Kier alpha value is -3.44. The van der Waals surface area contributed by atoms with Gasteiger partial charge in [0.1, 0.15) is 23.0 Å². The van der Waals surface area contributed by atoms with E-state index in [1.165, 1.54) is 23.0 Å². The van der Waals surface area contributed by atoms with E-state index in [4.69, 9.17) is 4.74 Å². The summed E-state index contributed by atoms with van der Waals surface area (Å²) >= 11 is 0. The molecule has 2 aromatic heterocycles. The maximum Gasteiger partial charge on any atom is 0.349 e. The van der Waals surface area contributed by atoms with Gasteiger partial charge in [-0.3, -0.25) is 9.47 Å². The normalized spacial score (nSPS) is 20.4. The number of piperazine rings is 1. The maximum atomic E-state index is 12.7. The first-order valence-corrected chi connectivity index (χ1v) is 13.0. The van der Waals surface area contributed by atoms with Crippen LogP contribution in [-0.4, -0.2) is 51.2 Å². The van der Waals surface area contributed by atoms with Crippen LogP contribution in [0, 0.1) is 17.2 Å². The largest absolute Gasteiger partial charge is 0.493 e. The second-order valence-corrected chi connectivity index (χ2v) is 10.1. The molecule has 2 fully saturated rings. The minimum Gasteiger partial charge on any atom is -0.493 e. The number of fused-ring (bicyclic) bond motifs is 1. The van der Waals surface area contributed by atoms with Crippen molar-refractivity contribution in [2.24, 2.45) is 13.0 Å². The highest BCUT2D eigenvalue weighted by Crippen LogP contribution is 2.31. The second-order valence-electron chi connectivity index (χ2n) is 10.1. The van der Waals surface area contributed by atoms with E-state index in [0.29, 0.717) is 28.6 Å². The van der Waals surface area contributed by atoms with Gasteiger partial charge in [0.15, 0.2) is 5.82 Å². The van der Waals surface area contributed by atoms with E-state index in [1.807, 2.05) is 0 Å². The zero-order valence-corrected chi connectivity index (χ0v) is 21.4. The highest BCUT2D eigenvalue weighted by atomic mass is 16.5. The third-order valence-electron chi connectivity index (χ3n) is 7.57. The third-order valence-corrected chi connectivity index (χ3v) is 7.57. The molecule has 8 nitrogen and oxygen atoms in total. The Kier molecular flexibility index (Phi) is 6.92. The minimum atomic E-state index is -0.307. The van der Waals surface area contributed by atoms with Crippen molar-refractivity contribution in [2.75, 3.05) is 24.6 Å². The molecule has 0 amide bonds. The summed E-state index contributed by atoms with van der Waals surface area (Å²) in [6, 6.07) is 14.6. The van der Waals surface area contributed by atoms with Gasteiger partial charge in [-0.2, -0.15) is 10.2 Å². The van der Waals surface area contributed by atoms with Crippen molar-refractivity contribution in [2.45, 2.75) is 58.2 Å². The minimum absolute atomic E-state index is 0.185. The van der Waals surface area contributed by atoms with Crippen molar-refractivity contribution in [3.63, 3.8) is 0 Å². The third kappa shape index (κ3) is 4.93. The standard InChI is InChI=1S/C28H34N6O2/c1-4-22-17-34(27-26-25(32(3)28(35)31-27)13-10-21(14-29)30-26)23(5-2)16-33(22)15-19-8-11-24(12-9-19)36-18-20-6-7-20/h8-13,20,22-23H,4-7,15-18H2,1-3H3/t22-,23?/m1/s1. The molecule has 1 saturated carbocycles. The van der Waals surface area contributed by atoms with Crippen LogP contribution in [0.1, 0.15) is 50.8 Å². The van der Waals surface area contributed by atoms with Crippen LogP contribution in [-0.2, 0) is 13.6 Å². The van der Waals surface area contributed by atoms with E-state index < -0.39 is 0 Å². The number of ether oxygens (including phenoxy) is 1. The highest BCUT2D eigenvalue weighted by molar-refractivity contribution is 5.86. The summed E-state index contributed by atoms with van der Waals surface area (Å²) in [6.45, 7) is 7.70. The van der Waals surface area contributed by atoms with E-state index in [-0.39, 0.29) is 11.7 Å².